The smallest absolute Gasteiger partial charge is 0.135 e. The predicted molar refractivity (Wildman–Crippen MR) is 71.4 cm³/mol. The summed E-state index contributed by atoms with van der Waals surface area (Å²) in [4.78, 5) is 0. The van der Waals surface area contributed by atoms with Crippen LogP contribution >= 0.6 is 0 Å². The molecule has 4 heteroatoms. The molecule has 0 amide bonds. The molecule has 2 N–H and O–H groups in total. The van der Waals surface area contributed by atoms with Crippen molar-refractivity contribution in [1.82, 2.24) is 14.8 Å². The first-order valence-electron chi connectivity index (χ1n) is 7.37. The second-order valence-electron chi connectivity index (χ2n) is 6.22. The largest absolute Gasteiger partial charge is 0.325 e. The maximum atomic E-state index is 6.49. The van der Waals surface area contributed by atoms with Crippen molar-refractivity contribution in [3.63, 3.8) is 0 Å². The number of nitrogens with two attached hydrogens (primary N) is 1. The molecule has 0 bridgehead atoms. The SMILES string of the molecule is Cc1nnc(CC2(N)CCCC2)n1C1CCCC1. The van der Waals surface area contributed by atoms with Gasteiger partial charge in [-0.2, -0.15) is 0 Å². The molecule has 0 saturated heterocycles. The van der Waals surface area contributed by atoms with Gasteiger partial charge in [0.05, 0.1) is 0 Å². The van der Waals surface area contributed by atoms with Crippen LogP contribution in [0.4, 0.5) is 0 Å². The van der Waals surface area contributed by atoms with Gasteiger partial charge in [0.25, 0.3) is 0 Å². The normalized spacial score (nSPS) is 23.9. The fourth-order valence-electron chi connectivity index (χ4n) is 3.74. The molecule has 2 fully saturated rings. The fourth-order valence-corrected chi connectivity index (χ4v) is 3.74. The van der Waals surface area contributed by atoms with Crippen LogP contribution in [0.25, 0.3) is 0 Å². The van der Waals surface area contributed by atoms with Crippen LogP contribution in [0.15, 0.2) is 0 Å². The van der Waals surface area contributed by atoms with E-state index < -0.39 is 0 Å². The molecule has 0 atom stereocenters. The molecule has 1 heterocycles. The average molecular weight is 248 g/mol. The molecular formula is C14H24N4. The quantitative estimate of drug-likeness (QED) is 0.894. The monoisotopic (exact) mass is 248 g/mol. The minimum absolute atomic E-state index is 0.0180. The molecule has 1 aromatic heterocycles. The summed E-state index contributed by atoms with van der Waals surface area (Å²) in [5.74, 6) is 2.20. The Bertz CT molecular complexity index is 411. The van der Waals surface area contributed by atoms with Crippen molar-refractivity contribution >= 4 is 0 Å². The van der Waals surface area contributed by atoms with Gasteiger partial charge < -0.3 is 10.3 Å². The van der Waals surface area contributed by atoms with E-state index in [0.717, 1.165) is 30.9 Å². The number of nitrogens with zero attached hydrogens (tertiary/aromatic N) is 3. The number of hydrogen-bond acceptors (Lipinski definition) is 3. The van der Waals surface area contributed by atoms with Crippen LogP contribution < -0.4 is 5.73 Å². The Morgan fingerprint density at radius 2 is 1.83 bits per heavy atom. The molecule has 1 aromatic rings. The molecule has 2 aliphatic carbocycles. The highest BCUT2D eigenvalue weighted by Gasteiger charge is 2.33. The number of rotatable bonds is 3. The molecule has 2 saturated carbocycles. The Kier molecular flexibility index (Phi) is 3.14. The second kappa shape index (κ2) is 4.65. The maximum Gasteiger partial charge on any atom is 0.135 e. The lowest BCUT2D eigenvalue weighted by molar-refractivity contribution is 0.400. The standard InChI is InChI=1S/C14H24N4/c1-11-16-17-13(10-14(15)8-4-5-9-14)18(11)12-6-2-3-7-12/h12H,2-10,15H2,1H3. The van der Waals surface area contributed by atoms with Gasteiger partial charge in [-0.05, 0) is 32.6 Å². The number of aromatic nitrogens is 3. The summed E-state index contributed by atoms with van der Waals surface area (Å²) in [5, 5.41) is 8.69. The van der Waals surface area contributed by atoms with Crippen molar-refractivity contribution in [1.29, 1.82) is 0 Å². The van der Waals surface area contributed by atoms with E-state index in [-0.39, 0.29) is 5.54 Å². The van der Waals surface area contributed by atoms with E-state index in [2.05, 4.69) is 21.7 Å². The van der Waals surface area contributed by atoms with Gasteiger partial charge in [-0.15, -0.1) is 10.2 Å². The van der Waals surface area contributed by atoms with Crippen LogP contribution in [-0.4, -0.2) is 20.3 Å². The molecule has 0 spiro atoms. The van der Waals surface area contributed by atoms with E-state index >= 15 is 0 Å². The van der Waals surface area contributed by atoms with Gasteiger partial charge in [0.15, 0.2) is 0 Å². The van der Waals surface area contributed by atoms with E-state index in [1.165, 1.54) is 38.5 Å². The van der Waals surface area contributed by atoms with Crippen LogP contribution in [0.3, 0.4) is 0 Å². The molecule has 0 aliphatic heterocycles. The highest BCUT2D eigenvalue weighted by atomic mass is 15.3. The first kappa shape index (κ1) is 12.2. The lowest BCUT2D eigenvalue weighted by Gasteiger charge is -2.24. The summed E-state index contributed by atoms with van der Waals surface area (Å²) in [6.07, 6.45) is 11.0. The molecule has 0 aromatic carbocycles. The van der Waals surface area contributed by atoms with Gasteiger partial charge in [-0.3, -0.25) is 0 Å². The van der Waals surface area contributed by atoms with Crippen molar-refractivity contribution in [2.75, 3.05) is 0 Å². The Hall–Kier alpha value is -0.900. The highest BCUT2D eigenvalue weighted by Crippen LogP contribution is 2.34. The van der Waals surface area contributed by atoms with Gasteiger partial charge in [0.1, 0.15) is 11.6 Å². The fraction of sp³-hybridized carbons (Fsp3) is 0.857. The van der Waals surface area contributed by atoms with Gasteiger partial charge >= 0.3 is 0 Å². The number of hydrogen-bond donors (Lipinski definition) is 1. The van der Waals surface area contributed by atoms with Crippen molar-refractivity contribution in [3.8, 4) is 0 Å². The zero-order valence-corrected chi connectivity index (χ0v) is 11.4. The van der Waals surface area contributed by atoms with Gasteiger partial charge in [0.2, 0.25) is 0 Å². The summed E-state index contributed by atoms with van der Waals surface area (Å²) >= 11 is 0. The van der Waals surface area contributed by atoms with Crippen molar-refractivity contribution < 1.29 is 0 Å². The Morgan fingerprint density at radius 1 is 1.17 bits per heavy atom. The van der Waals surface area contributed by atoms with Crippen LogP contribution in [-0.2, 0) is 6.42 Å². The summed E-state index contributed by atoms with van der Waals surface area (Å²) in [6, 6.07) is 0.625. The maximum absolute atomic E-state index is 6.49. The van der Waals surface area contributed by atoms with Crippen LogP contribution in [0.2, 0.25) is 0 Å². The van der Waals surface area contributed by atoms with E-state index in [1.807, 2.05) is 0 Å². The van der Waals surface area contributed by atoms with Crippen molar-refractivity contribution in [2.24, 2.45) is 5.73 Å². The summed E-state index contributed by atoms with van der Waals surface area (Å²) in [7, 11) is 0. The van der Waals surface area contributed by atoms with E-state index in [0.29, 0.717) is 6.04 Å². The first-order valence-corrected chi connectivity index (χ1v) is 7.37. The summed E-state index contributed by atoms with van der Waals surface area (Å²) in [5.41, 5.74) is 6.47. The zero-order valence-electron chi connectivity index (χ0n) is 11.4. The van der Waals surface area contributed by atoms with Crippen LogP contribution in [0.5, 0.6) is 0 Å². The van der Waals surface area contributed by atoms with Gasteiger partial charge in [-0.1, -0.05) is 25.7 Å². The van der Waals surface area contributed by atoms with Crippen molar-refractivity contribution in [3.05, 3.63) is 11.6 Å². The third kappa shape index (κ3) is 2.18. The molecule has 0 radical (unpaired) electrons. The van der Waals surface area contributed by atoms with E-state index in [9.17, 15) is 0 Å². The lowest BCUT2D eigenvalue weighted by Crippen LogP contribution is -2.39. The van der Waals surface area contributed by atoms with Crippen LogP contribution in [0.1, 0.15) is 69.1 Å². The minimum Gasteiger partial charge on any atom is -0.325 e. The molecule has 0 unspecified atom stereocenters. The van der Waals surface area contributed by atoms with Crippen LogP contribution in [0, 0.1) is 6.92 Å². The molecule has 4 nitrogen and oxygen atoms in total. The molecule has 100 valence electrons. The van der Waals surface area contributed by atoms with Crippen molar-refractivity contribution in [2.45, 2.75) is 76.3 Å². The second-order valence-corrected chi connectivity index (χ2v) is 6.22. The molecule has 2 aliphatic rings. The molecule has 3 rings (SSSR count). The van der Waals surface area contributed by atoms with Gasteiger partial charge in [0, 0.05) is 18.0 Å². The summed E-state index contributed by atoms with van der Waals surface area (Å²) < 4.78 is 2.37. The third-order valence-electron chi connectivity index (χ3n) is 4.74. The molecular weight excluding hydrogens is 224 g/mol. The van der Waals surface area contributed by atoms with E-state index in [1.54, 1.807) is 0 Å². The third-order valence-corrected chi connectivity index (χ3v) is 4.74. The number of aryl methyl sites for hydroxylation is 1. The average Bonchev–Trinajstić information content (AvgIpc) is 3.02. The lowest BCUT2D eigenvalue weighted by atomic mass is 9.94. The van der Waals surface area contributed by atoms with E-state index in [4.69, 9.17) is 5.73 Å². The Balaban J connectivity index is 1.83. The molecule has 18 heavy (non-hydrogen) atoms. The highest BCUT2D eigenvalue weighted by molar-refractivity contribution is 5.05. The zero-order chi connectivity index (χ0) is 12.6. The first-order chi connectivity index (χ1) is 8.68. The minimum atomic E-state index is -0.0180. The Labute approximate surface area is 109 Å². The predicted octanol–water partition coefficient (Wildman–Crippen LogP) is 2.52. The summed E-state index contributed by atoms with van der Waals surface area (Å²) in [6.45, 7) is 2.08. The van der Waals surface area contributed by atoms with Gasteiger partial charge in [-0.25, -0.2) is 0 Å². The topological polar surface area (TPSA) is 56.7 Å². The Morgan fingerprint density at radius 3 is 2.50 bits per heavy atom.